The van der Waals surface area contributed by atoms with Gasteiger partial charge in [0.25, 0.3) is 5.22 Å². The molecule has 4 aromatic rings. The average molecular weight is 358 g/mol. The lowest BCUT2D eigenvalue weighted by molar-refractivity contribution is 0.466. The molecule has 26 heavy (non-hydrogen) atoms. The van der Waals surface area contributed by atoms with Crippen LogP contribution < -0.4 is 0 Å². The van der Waals surface area contributed by atoms with E-state index in [0.29, 0.717) is 11.1 Å². The van der Waals surface area contributed by atoms with Gasteiger partial charge >= 0.3 is 0 Å². The number of thioether (sulfide) groups is 1. The summed E-state index contributed by atoms with van der Waals surface area (Å²) in [5.41, 5.74) is 5.83. The van der Waals surface area contributed by atoms with E-state index < -0.39 is 0 Å². The lowest BCUT2D eigenvalue weighted by atomic mass is 10.0. The van der Waals surface area contributed by atoms with E-state index in [-0.39, 0.29) is 0 Å². The summed E-state index contributed by atoms with van der Waals surface area (Å²) in [6, 6.07) is 27.1. The fourth-order valence-corrected chi connectivity index (χ4v) is 3.37. The molecule has 0 saturated heterocycles. The molecular formula is C22H18N2OS. The van der Waals surface area contributed by atoms with Gasteiger partial charge in [0.2, 0.25) is 5.89 Å². The lowest BCUT2D eigenvalue weighted by Gasteiger charge is -2.03. The van der Waals surface area contributed by atoms with Crippen LogP contribution in [0.1, 0.15) is 11.1 Å². The summed E-state index contributed by atoms with van der Waals surface area (Å²) < 4.78 is 5.77. The normalized spacial score (nSPS) is 10.8. The highest BCUT2D eigenvalue weighted by Crippen LogP contribution is 2.27. The first-order chi connectivity index (χ1) is 12.8. The number of benzene rings is 3. The molecule has 3 aromatic carbocycles. The van der Waals surface area contributed by atoms with Gasteiger partial charge in [-0.05, 0) is 35.7 Å². The second-order valence-electron chi connectivity index (χ2n) is 6.09. The fraction of sp³-hybridized carbons (Fsp3) is 0.0909. The van der Waals surface area contributed by atoms with Crippen molar-refractivity contribution in [2.24, 2.45) is 0 Å². The van der Waals surface area contributed by atoms with E-state index in [1.165, 1.54) is 22.3 Å². The largest absolute Gasteiger partial charge is 0.411 e. The minimum Gasteiger partial charge on any atom is -0.411 e. The molecule has 0 atom stereocenters. The number of hydrogen-bond donors (Lipinski definition) is 0. The minimum atomic E-state index is 0.562. The van der Waals surface area contributed by atoms with Crippen molar-refractivity contribution in [3.05, 3.63) is 90.0 Å². The van der Waals surface area contributed by atoms with Gasteiger partial charge in [0, 0.05) is 11.3 Å². The van der Waals surface area contributed by atoms with Crippen molar-refractivity contribution in [1.82, 2.24) is 10.2 Å². The third kappa shape index (κ3) is 3.86. The van der Waals surface area contributed by atoms with Crippen molar-refractivity contribution in [1.29, 1.82) is 0 Å². The maximum atomic E-state index is 5.77. The Morgan fingerprint density at radius 3 is 2.12 bits per heavy atom. The molecule has 1 aromatic heterocycles. The molecule has 0 N–H and O–H groups in total. The van der Waals surface area contributed by atoms with Crippen molar-refractivity contribution in [3.63, 3.8) is 0 Å². The van der Waals surface area contributed by atoms with Gasteiger partial charge in [-0.1, -0.05) is 84.1 Å². The molecular weight excluding hydrogens is 340 g/mol. The molecule has 4 rings (SSSR count). The molecule has 0 aliphatic rings. The molecule has 3 nitrogen and oxygen atoms in total. The third-order valence-corrected chi connectivity index (χ3v) is 5.02. The van der Waals surface area contributed by atoms with E-state index in [2.05, 4.69) is 65.7 Å². The second-order valence-corrected chi connectivity index (χ2v) is 7.02. The van der Waals surface area contributed by atoms with Crippen LogP contribution in [-0.2, 0) is 5.75 Å². The number of rotatable bonds is 5. The Balaban J connectivity index is 1.41. The molecule has 128 valence electrons. The molecule has 0 radical (unpaired) electrons. The summed E-state index contributed by atoms with van der Waals surface area (Å²) in [4.78, 5) is 0. The topological polar surface area (TPSA) is 38.9 Å². The summed E-state index contributed by atoms with van der Waals surface area (Å²) in [6.07, 6.45) is 0. The average Bonchev–Trinajstić information content (AvgIpc) is 3.17. The number of aromatic nitrogens is 2. The highest BCUT2D eigenvalue weighted by molar-refractivity contribution is 7.98. The minimum absolute atomic E-state index is 0.562. The Morgan fingerprint density at radius 2 is 1.38 bits per heavy atom. The van der Waals surface area contributed by atoms with Gasteiger partial charge < -0.3 is 4.42 Å². The van der Waals surface area contributed by atoms with Gasteiger partial charge in [0.1, 0.15) is 0 Å². The Morgan fingerprint density at radius 1 is 0.731 bits per heavy atom. The van der Waals surface area contributed by atoms with E-state index in [1.54, 1.807) is 11.8 Å². The molecule has 0 fully saturated rings. The maximum Gasteiger partial charge on any atom is 0.277 e. The molecule has 0 aliphatic heterocycles. The monoisotopic (exact) mass is 358 g/mol. The SMILES string of the molecule is Cc1ccc(-c2nnc(SCc3ccc(-c4ccccc4)cc3)o2)cc1. The van der Waals surface area contributed by atoms with Crippen LogP contribution in [0.4, 0.5) is 0 Å². The van der Waals surface area contributed by atoms with Crippen molar-refractivity contribution in [2.75, 3.05) is 0 Å². The highest BCUT2D eigenvalue weighted by Gasteiger charge is 2.09. The summed E-state index contributed by atoms with van der Waals surface area (Å²) in [6.45, 7) is 2.06. The van der Waals surface area contributed by atoms with Crippen LogP contribution in [-0.4, -0.2) is 10.2 Å². The van der Waals surface area contributed by atoms with Crippen molar-refractivity contribution >= 4 is 11.8 Å². The van der Waals surface area contributed by atoms with Crippen LogP contribution in [0.15, 0.2) is 88.5 Å². The van der Waals surface area contributed by atoms with E-state index in [9.17, 15) is 0 Å². The predicted octanol–water partition coefficient (Wildman–Crippen LogP) is 6.00. The van der Waals surface area contributed by atoms with Gasteiger partial charge in [-0.2, -0.15) is 0 Å². The third-order valence-electron chi connectivity index (χ3n) is 4.13. The van der Waals surface area contributed by atoms with Crippen molar-refractivity contribution < 1.29 is 4.42 Å². The Labute approximate surface area is 157 Å². The van der Waals surface area contributed by atoms with Gasteiger partial charge in [-0.15, -0.1) is 10.2 Å². The summed E-state index contributed by atoms with van der Waals surface area (Å²) in [5, 5.41) is 8.88. The van der Waals surface area contributed by atoms with Crippen LogP contribution in [0, 0.1) is 6.92 Å². The Kier molecular flexibility index (Phi) is 4.84. The Hall–Kier alpha value is -2.85. The van der Waals surface area contributed by atoms with Crippen LogP contribution in [0.2, 0.25) is 0 Å². The van der Waals surface area contributed by atoms with Crippen molar-refractivity contribution in [2.45, 2.75) is 17.9 Å². The molecule has 0 spiro atoms. The quantitative estimate of drug-likeness (QED) is 0.410. The number of aryl methyl sites for hydroxylation is 1. The first-order valence-corrected chi connectivity index (χ1v) is 9.44. The van der Waals surface area contributed by atoms with E-state index >= 15 is 0 Å². The standard InChI is InChI=1S/C22H18N2OS/c1-16-7-11-20(12-8-16)21-23-24-22(25-21)26-15-17-9-13-19(14-10-17)18-5-3-2-4-6-18/h2-14H,15H2,1H3. The van der Waals surface area contributed by atoms with E-state index in [0.717, 1.165) is 11.3 Å². The van der Waals surface area contributed by atoms with Gasteiger partial charge in [-0.3, -0.25) is 0 Å². The molecule has 0 bridgehead atoms. The molecule has 0 saturated carbocycles. The molecule has 0 unspecified atom stereocenters. The number of hydrogen-bond acceptors (Lipinski definition) is 4. The van der Waals surface area contributed by atoms with Gasteiger partial charge in [0.05, 0.1) is 0 Å². The zero-order chi connectivity index (χ0) is 17.8. The van der Waals surface area contributed by atoms with Gasteiger partial charge in [0.15, 0.2) is 0 Å². The van der Waals surface area contributed by atoms with Crippen molar-refractivity contribution in [3.8, 4) is 22.6 Å². The molecule has 4 heteroatoms. The maximum absolute atomic E-state index is 5.77. The van der Waals surface area contributed by atoms with Crippen LogP contribution >= 0.6 is 11.8 Å². The zero-order valence-electron chi connectivity index (χ0n) is 14.4. The Bertz CT molecular complexity index is 977. The fourth-order valence-electron chi connectivity index (χ4n) is 2.65. The second kappa shape index (κ2) is 7.58. The van der Waals surface area contributed by atoms with Crippen LogP contribution in [0.25, 0.3) is 22.6 Å². The molecule has 0 aliphatic carbocycles. The highest BCUT2D eigenvalue weighted by atomic mass is 32.2. The zero-order valence-corrected chi connectivity index (χ0v) is 15.2. The van der Waals surface area contributed by atoms with Crippen LogP contribution in [0.5, 0.6) is 0 Å². The smallest absolute Gasteiger partial charge is 0.277 e. The van der Waals surface area contributed by atoms with Crippen LogP contribution in [0.3, 0.4) is 0 Å². The predicted molar refractivity (Wildman–Crippen MR) is 106 cm³/mol. The first-order valence-electron chi connectivity index (χ1n) is 8.46. The molecule has 1 heterocycles. The van der Waals surface area contributed by atoms with E-state index in [1.807, 2.05) is 30.3 Å². The molecule has 0 amide bonds. The summed E-state index contributed by atoms with van der Waals surface area (Å²) >= 11 is 1.55. The van der Waals surface area contributed by atoms with E-state index in [4.69, 9.17) is 4.42 Å². The first kappa shape index (κ1) is 16.6. The lowest BCUT2D eigenvalue weighted by Crippen LogP contribution is -1.82. The van der Waals surface area contributed by atoms with Gasteiger partial charge in [-0.25, -0.2) is 0 Å². The summed E-state index contributed by atoms with van der Waals surface area (Å²) in [7, 11) is 0. The summed E-state index contributed by atoms with van der Waals surface area (Å²) in [5.74, 6) is 1.36. The number of nitrogens with zero attached hydrogens (tertiary/aromatic N) is 2.